The molecule has 0 aromatic heterocycles. The van der Waals surface area contributed by atoms with E-state index in [-0.39, 0.29) is 23.4 Å². The predicted molar refractivity (Wildman–Crippen MR) is 81.8 cm³/mol. The van der Waals surface area contributed by atoms with Gasteiger partial charge in [-0.1, -0.05) is 12.1 Å². The Hall–Kier alpha value is -1.44. The summed E-state index contributed by atoms with van der Waals surface area (Å²) in [5.41, 5.74) is 6.16. The maximum absolute atomic E-state index is 12.1. The summed E-state index contributed by atoms with van der Waals surface area (Å²) >= 11 is 0. The number of nitrogens with zero attached hydrogens (tertiary/aromatic N) is 1. The van der Waals surface area contributed by atoms with Crippen molar-refractivity contribution >= 4 is 21.4 Å². The van der Waals surface area contributed by atoms with Gasteiger partial charge in [0.05, 0.1) is 17.1 Å². The average Bonchev–Trinajstić information content (AvgIpc) is 2.41. The summed E-state index contributed by atoms with van der Waals surface area (Å²) < 4.78 is 23.4. The van der Waals surface area contributed by atoms with Crippen LogP contribution in [0.5, 0.6) is 0 Å². The minimum absolute atomic E-state index is 0.138. The molecule has 1 aliphatic heterocycles. The Bertz CT molecular complexity index is 608. The number of hydrogen-bond acceptors (Lipinski definition) is 5. The molecule has 0 unspecified atom stereocenters. The van der Waals surface area contributed by atoms with Crippen LogP contribution in [0, 0.1) is 0 Å². The summed E-state index contributed by atoms with van der Waals surface area (Å²) in [6.07, 6.45) is 2.89. The summed E-state index contributed by atoms with van der Waals surface area (Å²) in [6, 6.07) is 6.64. The maximum atomic E-state index is 12.1. The molecule has 0 radical (unpaired) electrons. The average molecular weight is 311 g/mol. The van der Waals surface area contributed by atoms with Crippen LogP contribution >= 0.6 is 0 Å². The van der Waals surface area contributed by atoms with Gasteiger partial charge in [0.2, 0.25) is 5.91 Å². The van der Waals surface area contributed by atoms with E-state index >= 15 is 0 Å². The van der Waals surface area contributed by atoms with Crippen LogP contribution < -0.4 is 11.1 Å². The van der Waals surface area contributed by atoms with E-state index in [1.54, 1.807) is 18.2 Å². The number of sulfone groups is 1. The second-order valence-electron chi connectivity index (χ2n) is 5.43. The van der Waals surface area contributed by atoms with Crippen molar-refractivity contribution in [1.82, 2.24) is 4.90 Å². The van der Waals surface area contributed by atoms with E-state index in [0.717, 1.165) is 32.2 Å². The van der Waals surface area contributed by atoms with Gasteiger partial charge in [-0.25, -0.2) is 8.42 Å². The number of para-hydroxylation sites is 1. The van der Waals surface area contributed by atoms with Crippen LogP contribution in [0.25, 0.3) is 0 Å². The van der Waals surface area contributed by atoms with Gasteiger partial charge in [-0.15, -0.1) is 0 Å². The zero-order valence-electron chi connectivity index (χ0n) is 12.1. The van der Waals surface area contributed by atoms with Crippen molar-refractivity contribution in [3.63, 3.8) is 0 Å². The standard InChI is InChI=1S/C14H21N3O3S/c1-21(19,20)13-5-3-2-4-12(13)16-14(18)10-17-8-6-11(15)7-9-17/h2-5,11H,6-10,15H2,1H3,(H,16,18). The van der Waals surface area contributed by atoms with Gasteiger partial charge in [0.1, 0.15) is 0 Å². The monoisotopic (exact) mass is 311 g/mol. The van der Waals surface area contributed by atoms with E-state index in [1.807, 2.05) is 4.90 Å². The first kappa shape index (κ1) is 15.9. The summed E-state index contributed by atoms with van der Waals surface area (Å²) in [6.45, 7) is 1.84. The molecule has 1 saturated heterocycles. The molecule has 1 amide bonds. The normalized spacial score (nSPS) is 17.6. The van der Waals surface area contributed by atoms with Crippen LogP contribution in [-0.2, 0) is 14.6 Å². The third-order valence-electron chi connectivity index (χ3n) is 3.56. The quantitative estimate of drug-likeness (QED) is 0.842. The molecule has 1 fully saturated rings. The molecule has 7 heteroatoms. The number of carbonyl (C=O) groups excluding carboxylic acids is 1. The van der Waals surface area contributed by atoms with E-state index < -0.39 is 9.84 Å². The second-order valence-corrected chi connectivity index (χ2v) is 7.41. The molecule has 3 N–H and O–H groups in total. The van der Waals surface area contributed by atoms with Crippen molar-refractivity contribution in [2.45, 2.75) is 23.8 Å². The molecule has 0 spiro atoms. The van der Waals surface area contributed by atoms with E-state index in [1.165, 1.54) is 6.07 Å². The van der Waals surface area contributed by atoms with Crippen molar-refractivity contribution in [3.8, 4) is 0 Å². The molecule has 0 bridgehead atoms. The Balaban J connectivity index is 2.00. The number of rotatable bonds is 4. The molecule has 1 aromatic carbocycles. The molecule has 2 rings (SSSR count). The topological polar surface area (TPSA) is 92.5 Å². The highest BCUT2D eigenvalue weighted by Crippen LogP contribution is 2.20. The van der Waals surface area contributed by atoms with E-state index in [2.05, 4.69) is 5.32 Å². The number of amides is 1. The van der Waals surface area contributed by atoms with Gasteiger partial charge >= 0.3 is 0 Å². The highest BCUT2D eigenvalue weighted by Gasteiger charge is 2.19. The molecule has 0 atom stereocenters. The smallest absolute Gasteiger partial charge is 0.238 e. The Morgan fingerprint density at radius 2 is 1.95 bits per heavy atom. The minimum atomic E-state index is -3.36. The number of nitrogens with two attached hydrogens (primary N) is 1. The van der Waals surface area contributed by atoms with Crippen LogP contribution in [0.1, 0.15) is 12.8 Å². The van der Waals surface area contributed by atoms with Crippen LogP contribution in [0.3, 0.4) is 0 Å². The summed E-state index contributed by atoms with van der Waals surface area (Å²) in [7, 11) is -3.36. The van der Waals surface area contributed by atoms with Crippen LogP contribution in [-0.4, -0.2) is 51.2 Å². The SMILES string of the molecule is CS(=O)(=O)c1ccccc1NC(=O)CN1CCC(N)CC1. The first-order valence-corrected chi connectivity index (χ1v) is 8.82. The molecule has 21 heavy (non-hydrogen) atoms. The van der Waals surface area contributed by atoms with E-state index in [0.29, 0.717) is 5.69 Å². The largest absolute Gasteiger partial charge is 0.328 e. The highest BCUT2D eigenvalue weighted by atomic mass is 32.2. The van der Waals surface area contributed by atoms with Gasteiger partial charge in [0.15, 0.2) is 9.84 Å². The minimum Gasteiger partial charge on any atom is -0.328 e. The number of benzene rings is 1. The van der Waals surface area contributed by atoms with Gasteiger partial charge in [-0.3, -0.25) is 9.69 Å². The zero-order chi connectivity index (χ0) is 15.5. The molecule has 116 valence electrons. The maximum Gasteiger partial charge on any atom is 0.238 e. The first-order chi connectivity index (χ1) is 9.86. The van der Waals surface area contributed by atoms with Crippen molar-refractivity contribution < 1.29 is 13.2 Å². The lowest BCUT2D eigenvalue weighted by molar-refractivity contribution is -0.117. The summed E-state index contributed by atoms with van der Waals surface area (Å²) in [5.74, 6) is -0.207. The third-order valence-corrected chi connectivity index (χ3v) is 4.72. The fraction of sp³-hybridized carbons (Fsp3) is 0.500. The van der Waals surface area contributed by atoms with Gasteiger partial charge in [0, 0.05) is 25.4 Å². The van der Waals surface area contributed by atoms with Gasteiger partial charge in [-0.2, -0.15) is 0 Å². The number of hydrogen-bond donors (Lipinski definition) is 2. The molecular formula is C14H21N3O3S. The van der Waals surface area contributed by atoms with E-state index in [4.69, 9.17) is 5.73 Å². The zero-order valence-corrected chi connectivity index (χ0v) is 12.9. The van der Waals surface area contributed by atoms with Crippen LogP contribution in [0.15, 0.2) is 29.2 Å². The van der Waals surface area contributed by atoms with Crippen molar-refractivity contribution in [2.75, 3.05) is 31.2 Å². The lowest BCUT2D eigenvalue weighted by Gasteiger charge is -2.29. The Morgan fingerprint density at radius 3 is 2.57 bits per heavy atom. The number of likely N-dealkylation sites (tertiary alicyclic amines) is 1. The first-order valence-electron chi connectivity index (χ1n) is 6.93. The lowest BCUT2D eigenvalue weighted by Crippen LogP contribution is -2.43. The molecule has 0 aliphatic carbocycles. The lowest BCUT2D eigenvalue weighted by atomic mass is 10.1. The molecule has 6 nitrogen and oxygen atoms in total. The fourth-order valence-electron chi connectivity index (χ4n) is 2.40. The number of anilines is 1. The van der Waals surface area contributed by atoms with Crippen molar-refractivity contribution in [3.05, 3.63) is 24.3 Å². The summed E-state index contributed by atoms with van der Waals surface area (Å²) in [4.78, 5) is 14.2. The molecule has 1 heterocycles. The second kappa shape index (κ2) is 6.55. The molecule has 1 aliphatic rings. The summed E-state index contributed by atoms with van der Waals surface area (Å²) in [5, 5.41) is 2.68. The van der Waals surface area contributed by atoms with Crippen molar-refractivity contribution in [1.29, 1.82) is 0 Å². The molecule has 0 saturated carbocycles. The fourth-order valence-corrected chi connectivity index (χ4v) is 3.24. The van der Waals surface area contributed by atoms with Crippen molar-refractivity contribution in [2.24, 2.45) is 5.73 Å². The number of carbonyl (C=O) groups is 1. The molecular weight excluding hydrogens is 290 g/mol. The van der Waals surface area contributed by atoms with E-state index in [9.17, 15) is 13.2 Å². The van der Waals surface area contributed by atoms with Crippen LogP contribution in [0.4, 0.5) is 5.69 Å². The predicted octanol–water partition coefficient (Wildman–Crippen LogP) is 0.452. The number of nitrogens with one attached hydrogen (secondary N) is 1. The molecule has 1 aromatic rings. The number of piperidine rings is 1. The van der Waals surface area contributed by atoms with Gasteiger partial charge in [0.25, 0.3) is 0 Å². The third kappa shape index (κ3) is 4.52. The van der Waals surface area contributed by atoms with Gasteiger partial charge in [-0.05, 0) is 25.0 Å². The Morgan fingerprint density at radius 1 is 1.33 bits per heavy atom. The van der Waals surface area contributed by atoms with Gasteiger partial charge < -0.3 is 11.1 Å². The Kier molecular flexibility index (Phi) is 4.97. The highest BCUT2D eigenvalue weighted by molar-refractivity contribution is 7.90. The Labute approximate surface area is 125 Å². The van der Waals surface area contributed by atoms with Crippen LogP contribution in [0.2, 0.25) is 0 Å².